The van der Waals surface area contributed by atoms with Gasteiger partial charge in [-0.05, 0) is 49.3 Å². The zero-order valence-electron chi connectivity index (χ0n) is 15.6. The number of carbonyl (C=O) groups excluding carboxylic acids is 2. The van der Waals surface area contributed by atoms with E-state index in [1.165, 1.54) is 6.42 Å². The van der Waals surface area contributed by atoms with Crippen LogP contribution in [0.5, 0.6) is 0 Å². The summed E-state index contributed by atoms with van der Waals surface area (Å²) in [6.45, 7) is 0.331. The van der Waals surface area contributed by atoms with E-state index >= 15 is 0 Å². The van der Waals surface area contributed by atoms with Crippen molar-refractivity contribution in [2.24, 2.45) is 5.92 Å². The molecule has 2 N–H and O–H groups in total. The number of nitriles is 1. The molecule has 2 amide bonds. The molecule has 144 valence electrons. The Balaban J connectivity index is 1.80. The average molecular weight is 369 g/mol. The molecule has 0 spiro atoms. The van der Waals surface area contributed by atoms with Gasteiger partial charge in [-0.3, -0.25) is 9.59 Å². The van der Waals surface area contributed by atoms with Crippen molar-refractivity contribution in [1.82, 2.24) is 10.2 Å². The smallest absolute Gasteiger partial charge is 0.249 e. The molecule has 27 heavy (non-hydrogen) atoms. The number of nitrogens with zero attached hydrogens (tertiary/aromatic N) is 2. The summed E-state index contributed by atoms with van der Waals surface area (Å²) in [4.78, 5) is 27.4. The molecule has 0 aromatic heterocycles. The maximum atomic E-state index is 13.4. The van der Waals surface area contributed by atoms with Gasteiger partial charge in [0.05, 0.1) is 11.6 Å². The Labute approximate surface area is 160 Å². The molecule has 1 aromatic carbocycles. The highest BCUT2D eigenvalue weighted by Gasteiger charge is 2.54. The van der Waals surface area contributed by atoms with Gasteiger partial charge in [-0.2, -0.15) is 5.26 Å². The zero-order chi connectivity index (χ0) is 19.3. The third kappa shape index (κ3) is 3.84. The van der Waals surface area contributed by atoms with Crippen LogP contribution in [0.3, 0.4) is 0 Å². The molecular formula is C21H27N3O3. The van der Waals surface area contributed by atoms with E-state index in [4.69, 9.17) is 5.26 Å². The number of benzene rings is 1. The molecule has 3 rings (SSSR count). The summed E-state index contributed by atoms with van der Waals surface area (Å²) < 4.78 is 0. The van der Waals surface area contributed by atoms with Gasteiger partial charge in [-0.15, -0.1) is 0 Å². The van der Waals surface area contributed by atoms with Gasteiger partial charge in [0, 0.05) is 13.1 Å². The van der Waals surface area contributed by atoms with E-state index in [2.05, 4.69) is 11.4 Å². The van der Waals surface area contributed by atoms with Gasteiger partial charge >= 0.3 is 0 Å². The van der Waals surface area contributed by atoms with E-state index in [1.54, 1.807) is 17.0 Å². The topological polar surface area (TPSA) is 93.4 Å². The van der Waals surface area contributed by atoms with Gasteiger partial charge in [0.15, 0.2) is 0 Å². The molecule has 2 aliphatic rings. The van der Waals surface area contributed by atoms with E-state index in [-0.39, 0.29) is 17.7 Å². The summed E-state index contributed by atoms with van der Waals surface area (Å²) in [6, 6.07) is 9.21. The van der Waals surface area contributed by atoms with Crippen LogP contribution in [0.1, 0.15) is 56.1 Å². The largest absolute Gasteiger partial charge is 0.387 e. The van der Waals surface area contributed by atoms with Gasteiger partial charge < -0.3 is 15.3 Å². The molecule has 2 fully saturated rings. The number of carbonyl (C=O) groups is 2. The van der Waals surface area contributed by atoms with Crippen molar-refractivity contribution >= 4 is 11.8 Å². The summed E-state index contributed by atoms with van der Waals surface area (Å²) in [5, 5.41) is 21.3. The number of likely N-dealkylation sites (tertiary alicyclic amines) is 1. The van der Waals surface area contributed by atoms with Crippen LogP contribution in [0.25, 0.3) is 0 Å². The molecule has 0 unspecified atom stereocenters. The first-order chi connectivity index (χ1) is 13.1. The molecule has 6 heteroatoms. The summed E-state index contributed by atoms with van der Waals surface area (Å²) in [6.07, 6.45) is 6.66. The monoisotopic (exact) mass is 369 g/mol. The van der Waals surface area contributed by atoms with E-state index < -0.39 is 12.1 Å². The van der Waals surface area contributed by atoms with Crippen molar-refractivity contribution in [3.05, 3.63) is 35.4 Å². The van der Waals surface area contributed by atoms with Crippen molar-refractivity contribution < 1.29 is 14.7 Å². The number of rotatable bonds is 5. The number of aliphatic hydroxyl groups excluding tert-OH is 1. The third-order valence-corrected chi connectivity index (χ3v) is 6.07. The average Bonchev–Trinajstić information content (AvgIpc) is 3.18. The quantitative estimate of drug-likeness (QED) is 0.831. The van der Waals surface area contributed by atoms with Crippen LogP contribution in [0.15, 0.2) is 24.3 Å². The Morgan fingerprint density at radius 1 is 1.19 bits per heavy atom. The first-order valence-electron chi connectivity index (χ1n) is 9.80. The molecule has 0 radical (unpaired) electrons. The zero-order valence-corrected chi connectivity index (χ0v) is 15.6. The van der Waals surface area contributed by atoms with Crippen molar-refractivity contribution in [1.29, 1.82) is 5.26 Å². The van der Waals surface area contributed by atoms with Crippen LogP contribution < -0.4 is 5.32 Å². The Bertz CT molecular complexity index is 719. The third-order valence-electron chi connectivity index (χ3n) is 6.07. The van der Waals surface area contributed by atoms with Gasteiger partial charge in [0.25, 0.3) is 0 Å². The Kier molecular flexibility index (Phi) is 6.12. The van der Waals surface area contributed by atoms with Crippen LogP contribution in [0, 0.1) is 17.2 Å². The van der Waals surface area contributed by atoms with Gasteiger partial charge in [-0.25, -0.2) is 0 Å². The second kappa shape index (κ2) is 8.53. The lowest BCUT2D eigenvalue weighted by Gasteiger charge is -2.44. The first kappa shape index (κ1) is 19.4. The van der Waals surface area contributed by atoms with Gasteiger partial charge in [0.2, 0.25) is 11.8 Å². The summed E-state index contributed by atoms with van der Waals surface area (Å²) in [5.74, 6) is -0.324. The Morgan fingerprint density at radius 2 is 1.89 bits per heavy atom. The number of hydrogen-bond acceptors (Lipinski definition) is 4. The van der Waals surface area contributed by atoms with Crippen molar-refractivity contribution in [2.45, 2.75) is 57.0 Å². The lowest BCUT2D eigenvalue weighted by Crippen LogP contribution is -2.62. The van der Waals surface area contributed by atoms with E-state index in [9.17, 15) is 14.7 Å². The molecule has 1 atom stereocenters. The highest BCUT2D eigenvalue weighted by atomic mass is 16.3. The van der Waals surface area contributed by atoms with Crippen LogP contribution in [0.2, 0.25) is 0 Å². The molecule has 1 saturated heterocycles. The lowest BCUT2D eigenvalue weighted by molar-refractivity contribution is -0.151. The van der Waals surface area contributed by atoms with Crippen molar-refractivity contribution in [2.75, 3.05) is 13.2 Å². The SMILES string of the molecule is N#Cc1ccc(CNC(=O)[C@]2(C3CCCCC3)CCCN2C(=O)CO)cc1. The predicted octanol–water partition coefficient (Wildman–Crippen LogP) is 2.11. The predicted molar refractivity (Wildman–Crippen MR) is 100 cm³/mol. The molecular weight excluding hydrogens is 342 g/mol. The number of nitrogens with one attached hydrogen (secondary N) is 1. The maximum absolute atomic E-state index is 13.4. The minimum absolute atomic E-state index is 0.113. The highest BCUT2D eigenvalue weighted by molar-refractivity contribution is 5.92. The number of hydrogen-bond donors (Lipinski definition) is 2. The van der Waals surface area contributed by atoms with E-state index in [0.717, 1.165) is 37.7 Å². The summed E-state index contributed by atoms with van der Waals surface area (Å²) >= 11 is 0. The second-order valence-corrected chi connectivity index (χ2v) is 7.56. The molecule has 1 aliphatic heterocycles. The fourth-order valence-electron chi connectivity index (χ4n) is 4.73. The fourth-order valence-corrected chi connectivity index (χ4v) is 4.73. The van der Waals surface area contributed by atoms with Crippen LogP contribution in [-0.4, -0.2) is 40.5 Å². The van der Waals surface area contributed by atoms with Crippen LogP contribution in [-0.2, 0) is 16.1 Å². The molecule has 1 aliphatic carbocycles. The first-order valence-corrected chi connectivity index (χ1v) is 9.80. The molecule has 6 nitrogen and oxygen atoms in total. The lowest BCUT2D eigenvalue weighted by atomic mass is 9.72. The fraction of sp³-hybridized carbons (Fsp3) is 0.571. The Morgan fingerprint density at radius 3 is 2.52 bits per heavy atom. The minimum Gasteiger partial charge on any atom is -0.387 e. The number of aliphatic hydroxyl groups is 1. The Hall–Kier alpha value is -2.39. The van der Waals surface area contributed by atoms with E-state index in [1.807, 2.05) is 12.1 Å². The van der Waals surface area contributed by atoms with Crippen LogP contribution >= 0.6 is 0 Å². The molecule has 1 aromatic rings. The van der Waals surface area contributed by atoms with Gasteiger partial charge in [0.1, 0.15) is 12.1 Å². The highest BCUT2D eigenvalue weighted by Crippen LogP contribution is 2.43. The van der Waals surface area contributed by atoms with Gasteiger partial charge in [-0.1, -0.05) is 31.4 Å². The maximum Gasteiger partial charge on any atom is 0.249 e. The van der Waals surface area contributed by atoms with Crippen molar-refractivity contribution in [3.63, 3.8) is 0 Å². The standard InChI is InChI=1S/C21H27N3O3/c22-13-16-7-9-17(10-8-16)14-23-20(27)21(18-5-2-1-3-6-18)11-4-12-24(21)19(26)15-25/h7-10,18,25H,1-6,11-12,14-15H2,(H,23,27)/t21-/m1/s1. The summed E-state index contributed by atoms with van der Waals surface area (Å²) in [7, 11) is 0. The molecule has 0 bridgehead atoms. The van der Waals surface area contributed by atoms with E-state index in [0.29, 0.717) is 25.1 Å². The summed E-state index contributed by atoms with van der Waals surface area (Å²) in [5.41, 5.74) is 0.658. The normalized spacial score (nSPS) is 23.0. The van der Waals surface area contributed by atoms with Crippen LogP contribution in [0.4, 0.5) is 0 Å². The minimum atomic E-state index is -0.840. The number of amides is 2. The van der Waals surface area contributed by atoms with Crippen molar-refractivity contribution in [3.8, 4) is 6.07 Å². The second-order valence-electron chi connectivity index (χ2n) is 7.56. The molecule has 1 heterocycles. The molecule has 1 saturated carbocycles.